The standard InChI is InChI=1S/C11H8Br2N4O2/c1-19-11(18)6-4-16-10(17-9(6)14)8-7(13)2-5(12)3-15-8/h2-4H,1H3,(H2,14,16,17). The summed E-state index contributed by atoms with van der Waals surface area (Å²) in [5.41, 5.74) is 6.37. The molecule has 2 N–H and O–H groups in total. The molecule has 0 spiro atoms. The number of rotatable bonds is 2. The third-order valence-electron chi connectivity index (χ3n) is 2.24. The van der Waals surface area contributed by atoms with Gasteiger partial charge in [0.15, 0.2) is 5.82 Å². The zero-order valence-corrected chi connectivity index (χ0v) is 12.9. The summed E-state index contributed by atoms with van der Waals surface area (Å²) >= 11 is 6.67. The molecule has 0 aromatic carbocycles. The molecule has 0 radical (unpaired) electrons. The van der Waals surface area contributed by atoms with Crippen molar-refractivity contribution in [3.63, 3.8) is 0 Å². The quantitative estimate of drug-likeness (QED) is 0.795. The zero-order valence-electron chi connectivity index (χ0n) is 9.72. The number of nitrogens with zero attached hydrogens (tertiary/aromatic N) is 3. The second-order valence-corrected chi connectivity index (χ2v) is 5.24. The van der Waals surface area contributed by atoms with Crippen molar-refractivity contribution in [3.8, 4) is 11.5 Å². The maximum absolute atomic E-state index is 11.4. The average molecular weight is 388 g/mol. The Morgan fingerprint density at radius 2 is 2.05 bits per heavy atom. The van der Waals surface area contributed by atoms with Gasteiger partial charge in [-0.05, 0) is 37.9 Å². The molecule has 98 valence electrons. The molecule has 6 nitrogen and oxygen atoms in total. The van der Waals surface area contributed by atoms with Crippen LogP contribution in [-0.2, 0) is 4.74 Å². The lowest BCUT2D eigenvalue weighted by Crippen LogP contribution is -2.09. The van der Waals surface area contributed by atoms with Gasteiger partial charge in [0.05, 0.1) is 7.11 Å². The first-order valence-corrected chi connectivity index (χ1v) is 6.63. The highest BCUT2D eigenvalue weighted by Gasteiger charge is 2.15. The number of anilines is 1. The van der Waals surface area contributed by atoms with Gasteiger partial charge >= 0.3 is 5.97 Å². The van der Waals surface area contributed by atoms with Crippen LogP contribution in [0.25, 0.3) is 11.5 Å². The topological polar surface area (TPSA) is 91.0 Å². The van der Waals surface area contributed by atoms with Crippen molar-refractivity contribution in [2.45, 2.75) is 0 Å². The molecule has 0 aliphatic rings. The van der Waals surface area contributed by atoms with Crippen molar-refractivity contribution in [1.82, 2.24) is 15.0 Å². The van der Waals surface area contributed by atoms with Gasteiger partial charge in [-0.2, -0.15) is 0 Å². The Morgan fingerprint density at radius 3 is 2.63 bits per heavy atom. The lowest BCUT2D eigenvalue weighted by Gasteiger charge is -2.06. The lowest BCUT2D eigenvalue weighted by atomic mass is 10.3. The minimum atomic E-state index is -0.577. The minimum Gasteiger partial charge on any atom is -0.465 e. The second-order valence-electron chi connectivity index (χ2n) is 3.47. The number of aromatic nitrogens is 3. The van der Waals surface area contributed by atoms with E-state index in [2.05, 4.69) is 51.5 Å². The molecule has 2 rings (SSSR count). The summed E-state index contributed by atoms with van der Waals surface area (Å²) < 4.78 is 6.11. The first-order chi connectivity index (χ1) is 9.02. The number of methoxy groups -OCH3 is 1. The van der Waals surface area contributed by atoms with Gasteiger partial charge < -0.3 is 10.5 Å². The fraction of sp³-hybridized carbons (Fsp3) is 0.0909. The summed E-state index contributed by atoms with van der Waals surface area (Å²) in [7, 11) is 1.27. The van der Waals surface area contributed by atoms with E-state index in [1.807, 2.05) is 6.07 Å². The van der Waals surface area contributed by atoms with Crippen LogP contribution in [0.4, 0.5) is 5.82 Å². The van der Waals surface area contributed by atoms with E-state index in [9.17, 15) is 4.79 Å². The number of nitrogens with two attached hydrogens (primary N) is 1. The van der Waals surface area contributed by atoms with Gasteiger partial charge in [0.2, 0.25) is 0 Å². The third-order valence-corrected chi connectivity index (χ3v) is 3.28. The molecule has 0 aliphatic heterocycles. The Morgan fingerprint density at radius 1 is 1.32 bits per heavy atom. The molecule has 0 saturated carbocycles. The number of pyridine rings is 1. The summed E-state index contributed by atoms with van der Waals surface area (Å²) in [6.45, 7) is 0. The Kier molecular flexibility index (Phi) is 4.11. The van der Waals surface area contributed by atoms with Gasteiger partial charge in [-0.15, -0.1) is 0 Å². The molecule has 2 aromatic heterocycles. The molecule has 8 heteroatoms. The Bertz CT molecular complexity index is 649. The first-order valence-electron chi connectivity index (χ1n) is 5.05. The van der Waals surface area contributed by atoms with Crippen molar-refractivity contribution in [1.29, 1.82) is 0 Å². The van der Waals surface area contributed by atoms with Crippen molar-refractivity contribution in [2.24, 2.45) is 0 Å². The molecule has 0 bridgehead atoms. The van der Waals surface area contributed by atoms with Crippen LogP contribution in [0.2, 0.25) is 0 Å². The van der Waals surface area contributed by atoms with E-state index in [0.717, 1.165) is 4.47 Å². The van der Waals surface area contributed by atoms with E-state index >= 15 is 0 Å². The van der Waals surface area contributed by atoms with E-state index in [1.165, 1.54) is 13.3 Å². The predicted octanol–water partition coefficient (Wildman–Crippen LogP) is 2.43. The summed E-state index contributed by atoms with van der Waals surface area (Å²) in [5, 5.41) is 0. The Hall–Kier alpha value is -1.54. The van der Waals surface area contributed by atoms with Crippen LogP contribution in [-0.4, -0.2) is 28.0 Å². The van der Waals surface area contributed by atoms with Gasteiger partial charge in [0, 0.05) is 21.3 Å². The molecule has 0 saturated heterocycles. The molecular weight excluding hydrogens is 380 g/mol. The van der Waals surface area contributed by atoms with E-state index in [0.29, 0.717) is 16.0 Å². The van der Waals surface area contributed by atoms with Crippen molar-refractivity contribution >= 4 is 43.6 Å². The fourth-order valence-corrected chi connectivity index (χ4v) is 2.52. The van der Waals surface area contributed by atoms with Gasteiger partial charge in [-0.25, -0.2) is 14.8 Å². The van der Waals surface area contributed by atoms with Crippen LogP contribution in [0.1, 0.15) is 10.4 Å². The first kappa shape index (κ1) is 13.9. The number of carbonyl (C=O) groups is 1. The van der Waals surface area contributed by atoms with Crippen LogP contribution in [0.15, 0.2) is 27.4 Å². The maximum Gasteiger partial charge on any atom is 0.343 e. The Labute approximate surface area is 125 Å². The third kappa shape index (κ3) is 2.90. The van der Waals surface area contributed by atoms with E-state index < -0.39 is 5.97 Å². The number of hydrogen-bond donors (Lipinski definition) is 1. The lowest BCUT2D eigenvalue weighted by molar-refractivity contribution is 0.0601. The fourth-order valence-electron chi connectivity index (χ4n) is 1.36. The smallest absolute Gasteiger partial charge is 0.343 e. The Balaban J connectivity index is 2.47. The van der Waals surface area contributed by atoms with Crippen molar-refractivity contribution in [3.05, 3.63) is 33.0 Å². The number of halogens is 2. The molecule has 0 amide bonds. The molecule has 2 heterocycles. The molecule has 19 heavy (non-hydrogen) atoms. The van der Waals surface area contributed by atoms with E-state index in [4.69, 9.17) is 5.73 Å². The van der Waals surface area contributed by atoms with Gasteiger partial charge in [-0.3, -0.25) is 4.98 Å². The SMILES string of the molecule is COC(=O)c1cnc(-c2ncc(Br)cc2Br)nc1N. The summed E-state index contributed by atoms with van der Waals surface area (Å²) in [4.78, 5) is 23.7. The van der Waals surface area contributed by atoms with Crippen LogP contribution >= 0.6 is 31.9 Å². The molecule has 0 atom stereocenters. The van der Waals surface area contributed by atoms with E-state index in [-0.39, 0.29) is 11.4 Å². The monoisotopic (exact) mass is 386 g/mol. The van der Waals surface area contributed by atoms with Crippen LogP contribution in [0.5, 0.6) is 0 Å². The predicted molar refractivity (Wildman–Crippen MR) is 76.4 cm³/mol. The number of carbonyl (C=O) groups excluding carboxylic acids is 1. The van der Waals surface area contributed by atoms with Gasteiger partial charge in [-0.1, -0.05) is 0 Å². The van der Waals surface area contributed by atoms with Crippen molar-refractivity contribution in [2.75, 3.05) is 12.8 Å². The van der Waals surface area contributed by atoms with E-state index in [1.54, 1.807) is 6.20 Å². The highest BCUT2D eigenvalue weighted by atomic mass is 79.9. The minimum absolute atomic E-state index is 0.0495. The number of nitrogen functional groups attached to an aromatic ring is 1. The summed E-state index contributed by atoms with van der Waals surface area (Å²) in [6.07, 6.45) is 2.94. The summed E-state index contributed by atoms with van der Waals surface area (Å²) in [6, 6.07) is 1.82. The number of hydrogen-bond acceptors (Lipinski definition) is 6. The molecule has 0 fully saturated rings. The molecule has 0 unspecified atom stereocenters. The summed E-state index contributed by atoms with van der Waals surface area (Å²) in [5.74, 6) is -0.204. The highest BCUT2D eigenvalue weighted by molar-refractivity contribution is 9.11. The van der Waals surface area contributed by atoms with Gasteiger partial charge in [0.1, 0.15) is 17.1 Å². The molecule has 2 aromatic rings. The van der Waals surface area contributed by atoms with Crippen molar-refractivity contribution < 1.29 is 9.53 Å². The molecular formula is C11H8Br2N4O2. The second kappa shape index (κ2) is 5.62. The average Bonchev–Trinajstić information content (AvgIpc) is 2.37. The van der Waals surface area contributed by atoms with Gasteiger partial charge in [0.25, 0.3) is 0 Å². The molecule has 0 aliphatic carbocycles. The van der Waals surface area contributed by atoms with Crippen LogP contribution < -0.4 is 5.73 Å². The maximum atomic E-state index is 11.4. The largest absolute Gasteiger partial charge is 0.465 e. The highest BCUT2D eigenvalue weighted by Crippen LogP contribution is 2.26. The number of ether oxygens (including phenoxy) is 1. The zero-order chi connectivity index (χ0) is 14.0. The van der Waals surface area contributed by atoms with Crippen LogP contribution in [0.3, 0.4) is 0 Å². The van der Waals surface area contributed by atoms with Crippen LogP contribution in [0, 0.1) is 0 Å². The number of esters is 1. The normalized spacial score (nSPS) is 10.3.